The van der Waals surface area contributed by atoms with Crippen molar-refractivity contribution in [3.63, 3.8) is 0 Å². The Hall–Kier alpha value is -2.96. The number of anilines is 1. The van der Waals surface area contributed by atoms with E-state index < -0.39 is 11.9 Å². The zero-order chi connectivity index (χ0) is 21.2. The molecule has 0 radical (unpaired) electrons. The van der Waals surface area contributed by atoms with Crippen LogP contribution in [0.4, 0.5) is 5.69 Å². The summed E-state index contributed by atoms with van der Waals surface area (Å²) in [6.45, 7) is 0.916. The molecule has 4 fully saturated rings. The third-order valence-electron chi connectivity index (χ3n) is 6.93. The maximum Gasteiger partial charge on any atom is 0.248 e. The second-order valence-corrected chi connectivity index (χ2v) is 8.78. The van der Waals surface area contributed by atoms with Crippen LogP contribution in [0.5, 0.6) is 0 Å². The van der Waals surface area contributed by atoms with Crippen molar-refractivity contribution in [1.82, 2.24) is 9.80 Å². The lowest BCUT2D eigenvalue weighted by molar-refractivity contribution is -0.135. The van der Waals surface area contributed by atoms with Crippen molar-refractivity contribution in [2.45, 2.75) is 49.5 Å². The molecule has 3 saturated heterocycles. The molecule has 6 atom stereocenters. The highest BCUT2D eigenvalue weighted by Crippen LogP contribution is 2.47. The van der Waals surface area contributed by atoms with E-state index in [2.05, 4.69) is 6.07 Å². The Morgan fingerprint density at radius 2 is 2.07 bits per heavy atom. The van der Waals surface area contributed by atoms with Crippen LogP contribution in [0.25, 0.3) is 0 Å². The van der Waals surface area contributed by atoms with E-state index in [9.17, 15) is 19.6 Å². The Bertz CT molecular complexity index is 974. The summed E-state index contributed by atoms with van der Waals surface area (Å²) in [7, 11) is 0. The van der Waals surface area contributed by atoms with E-state index in [1.807, 2.05) is 4.90 Å². The van der Waals surface area contributed by atoms with Gasteiger partial charge < -0.3 is 21.3 Å². The van der Waals surface area contributed by atoms with Crippen molar-refractivity contribution in [2.75, 3.05) is 18.0 Å². The minimum absolute atomic E-state index is 0.0283. The lowest BCUT2D eigenvalue weighted by atomic mass is 10.1. The molecule has 1 saturated carbocycles. The molecule has 0 spiro atoms. The number of hydrogen-bond donors (Lipinski definition) is 2. The highest BCUT2D eigenvalue weighted by molar-refractivity contribution is 6.02. The first-order valence-corrected chi connectivity index (χ1v) is 10.3. The minimum atomic E-state index is -0.751. The van der Waals surface area contributed by atoms with Crippen LogP contribution in [0, 0.1) is 17.2 Å². The van der Waals surface area contributed by atoms with Gasteiger partial charge in [-0.1, -0.05) is 6.07 Å². The van der Waals surface area contributed by atoms with E-state index in [1.165, 1.54) is 0 Å². The average molecular weight is 408 g/mol. The number of piperidine rings is 1. The highest BCUT2D eigenvalue weighted by atomic mass is 16.2. The molecule has 2 bridgehead atoms. The number of benzene rings is 1. The summed E-state index contributed by atoms with van der Waals surface area (Å²) in [5, 5.41) is 9.33. The number of rotatable bonds is 5. The van der Waals surface area contributed by atoms with Crippen molar-refractivity contribution in [2.24, 2.45) is 17.4 Å². The largest absolute Gasteiger partial charge is 0.366 e. The molecule has 1 aliphatic carbocycles. The fraction of sp³-hybridized carbons (Fsp3) is 0.524. The van der Waals surface area contributed by atoms with E-state index in [-0.39, 0.29) is 36.0 Å². The van der Waals surface area contributed by atoms with Crippen molar-refractivity contribution >= 4 is 23.4 Å². The lowest BCUT2D eigenvalue weighted by Gasteiger charge is -2.35. The second kappa shape index (κ2) is 6.79. The van der Waals surface area contributed by atoms with E-state index in [0.29, 0.717) is 36.7 Å². The summed E-state index contributed by atoms with van der Waals surface area (Å²) < 4.78 is 0. The van der Waals surface area contributed by atoms with Crippen LogP contribution in [-0.2, 0) is 9.59 Å². The fourth-order valence-corrected chi connectivity index (χ4v) is 5.42. The van der Waals surface area contributed by atoms with Gasteiger partial charge in [-0.3, -0.25) is 19.3 Å². The van der Waals surface area contributed by atoms with Gasteiger partial charge in [0.2, 0.25) is 17.7 Å². The molecule has 1 aromatic rings. The van der Waals surface area contributed by atoms with Gasteiger partial charge in [-0.15, -0.1) is 0 Å². The summed E-state index contributed by atoms with van der Waals surface area (Å²) in [4.78, 5) is 42.8. The quantitative estimate of drug-likeness (QED) is 0.668. The van der Waals surface area contributed by atoms with Crippen LogP contribution in [0.1, 0.15) is 29.6 Å². The molecule has 3 aliphatic heterocycles. The third kappa shape index (κ3) is 2.87. The molecule has 1 unspecified atom stereocenters. The van der Waals surface area contributed by atoms with Crippen molar-refractivity contribution in [3.8, 4) is 6.07 Å². The SMILES string of the molecule is N#C[C@@H]1C[C@@H]2C[C@@H]2N1C(=O)[C@@H](N)CN1CC2C[C@H]1C(=O)N2c1cccc(C(N)=O)c1. The van der Waals surface area contributed by atoms with E-state index >= 15 is 0 Å². The maximum atomic E-state index is 13.0. The lowest BCUT2D eigenvalue weighted by Crippen LogP contribution is -2.57. The van der Waals surface area contributed by atoms with E-state index in [4.69, 9.17) is 11.5 Å². The van der Waals surface area contributed by atoms with Gasteiger partial charge in [-0.05, 0) is 43.4 Å². The average Bonchev–Trinajstić information content (AvgIpc) is 3.07. The molecule has 3 heterocycles. The number of carbonyl (C=O) groups is 3. The molecular weight excluding hydrogens is 384 g/mol. The molecule has 5 rings (SSSR count). The number of likely N-dealkylation sites (tertiary alicyclic amines) is 2. The van der Waals surface area contributed by atoms with E-state index in [0.717, 1.165) is 12.8 Å². The molecule has 30 heavy (non-hydrogen) atoms. The summed E-state index contributed by atoms with van der Waals surface area (Å²) in [6.07, 6.45) is 2.37. The summed E-state index contributed by atoms with van der Waals surface area (Å²) in [5.41, 5.74) is 12.6. The highest BCUT2D eigenvalue weighted by Gasteiger charge is 2.55. The Morgan fingerprint density at radius 1 is 1.27 bits per heavy atom. The van der Waals surface area contributed by atoms with Crippen LogP contribution < -0.4 is 16.4 Å². The molecule has 1 aromatic carbocycles. The summed E-state index contributed by atoms with van der Waals surface area (Å²) in [6, 6.07) is 7.67. The van der Waals surface area contributed by atoms with Gasteiger partial charge in [0.1, 0.15) is 6.04 Å². The van der Waals surface area contributed by atoms with Gasteiger partial charge in [0.05, 0.1) is 24.2 Å². The van der Waals surface area contributed by atoms with Crippen molar-refractivity contribution in [3.05, 3.63) is 29.8 Å². The van der Waals surface area contributed by atoms with Gasteiger partial charge >= 0.3 is 0 Å². The van der Waals surface area contributed by atoms with Crippen LogP contribution >= 0.6 is 0 Å². The Labute approximate surface area is 174 Å². The topological polar surface area (TPSA) is 137 Å². The van der Waals surface area contributed by atoms with Crippen LogP contribution in [0.2, 0.25) is 0 Å². The monoisotopic (exact) mass is 408 g/mol. The van der Waals surface area contributed by atoms with Crippen molar-refractivity contribution < 1.29 is 14.4 Å². The molecular formula is C21H24N6O3. The molecule has 4 N–H and O–H groups in total. The molecule has 156 valence electrons. The second-order valence-electron chi connectivity index (χ2n) is 8.78. The number of nitrogens with two attached hydrogens (primary N) is 2. The molecule has 9 nitrogen and oxygen atoms in total. The standard InChI is InChI=1S/C21H24N6O3/c22-8-14-5-12-6-17(12)27(14)20(29)16(23)10-25-9-15-7-18(25)21(30)26(15)13-3-1-2-11(4-13)19(24)28/h1-4,12,14-18H,5-7,9-10,23H2,(H2,24,28)/t12-,14+,15?,16+,17+,18+/m1/s1. The Kier molecular flexibility index (Phi) is 4.31. The number of nitriles is 1. The van der Waals surface area contributed by atoms with Gasteiger partial charge in [0, 0.05) is 30.4 Å². The molecule has 9 heteroatoms. The predicted molar refractivity (Wildman–Crippen MR) is 107 cm³/mol. The number of nitrogens with zero attached hydrogens (tertiary/aromatic N) is 4. The predicted octanol–water partition coefficient (Wildman–Crippen LogP) is -0.585. The maximum absolute atomic E-state index is 13.0. The van der Waals surface area contributed by atoms with Crippen LogP contribution in [0.3, 0.4) is 0 Å². The number of piperazine rings is 1. The number of fused-ring (bicyclic) bond motifs is 3. The smallest absolute Gasteiger partial charge is 0.248 e. The number of primary amides is 1. The van der Waals surface area contributed by atoms with Gasteiger partial charge in [0.25, 0.3) is 0 Å². The van der Waals surface area contributed by atoms with Gasteiger partial charge in [0.15, 0.2) is 0 Å². The molecule has 0 aromatic heterocycles. The third-order valence-corrected chi connectivity index (χ3v) is 6.93. The first kappa shape index (κ1) is 19.0. The van der Waals surface area contributed by atoms with Crippen LogP contribution in [-0.4, -0.2) is 70.8 Å². The summed E-state index contributed by atoms with van der Waals surface area (Å²) >= 11 is 0. The minimum Gasteiger partial charge on any atom is -0.366 e. The molecule has 3 amide bonds. The fourth-order valence-electron chi connectivity index (χ4n) is 5.42. The summed E-state index contributed by atoms with van der Waals surface area (Å²) in [5.74, 6) is -0.325. The first-order chi connectivity index (χ1) is 14.4. The van der Waals surface area contributed by atoms with Gasteiger partial charge in [-0.2, -0.15) is 5.26 Å². The van der Waals surface area contributed by atoms with Crippen molar-refractivity contribution in [1.29, 1.82) is 5.26 Å². The van der Waals surface area contributed by atoms with E-state index in [1.54, 1.807) is 34.1 Å². The first-order valence-electron chi connectivity index (χ1n) is 10.3. The number of amides is 3. The Balaban J connectivity index is 1.26. The zero-order valence-corrected chi connectivity index (χ0v) is 16.5. The zero-order valence-electron chi connectivity index (χ0n) is 16.5. The van der Waals surface area contributed by atoms with Crippen LogP contribution in [0.15, 0.2) is 24.3 Å². The number of carbonyl (C=O) groups excluding carboxylic acids is 3. The van der Waals surface area contributed by atoms with Gasteiger partial charge in [-0.25, -0.2) is 0 Å². The molecule has 4 aliphatic rings. The number of hydrogen-bond acceptors (Lipinski definition) is 6. The Morgan fingerprint density at radius 3 is 2.77 bits per heavy atom. The normalized spacial score (nSPS) is 32.8.